The highest BCUT2D eigenvalue weighted by molar-refractivity contribution is 7.89. The molecular formula is C19H20F2N2O3S. The maximum atomic E-state index is 13.7. The van der Waals surface area contributed by atoms with Gasteiger partial charge in [0, 0.05) is 18.8 Å². The lowest BCUT2D eigenvalue weighted by Gasteiger charge is -2.20. The van der Waals surface area contributed by atoms with Gasteiger partial charge in [0.1, 0.15) is 11.6 Å². The number of carbonyl (C=O) groups is 1. The van der Waals surface area contributed by atoms with Crippen LogP contribution in [0.4, 0.5) is 14.5 Å². The smallest absolute Gasteiger partial charge is 0.258 e. The van der Waals surface area contributed by atoms with Crippen molar-refractivity contribution >= 4 is 21.6 Å². The molecule has 2 aromatic rings. The van der Waals surface area contributed by atoms with Crippen molar-refractivity contribution in [3.05, 3.63) is 59.7 Å². The number of anilines is 1. The molecule has 0 aromatic heterocycles. The largest absolute Gasteiger partial charge is 0.322 e. The van der Waals surface area contributed by atoms with Crippen molar-refractivity contribution < 1.29 is 22.0 Å². The van der Waals surface area contributed by atoms with Crippen LogP contribution >= 0.6 is 0 Å². The molecule has 0 unspecified atom stereocenters. The van der Waals surface area contributed by atoms with Gasteiger partial charge in [0.2, 0.25) is 10.0 Å². The number of amides is 1. The molecule has 1 fully saturated rings. The number of hydrogen-bond donors (Lipinski definition) is 1. The van der Waals surface area contributed by atoms with E-state index in [9.17, 15) is 22.0 Å². The molecule has 0 aliphatic carbocycles. The molecule has 1 saturated heterocycles. The van der Waals surface area contributed by atoms with Gasteiger partial charge in [-0.05, 0) is 49.2 Å². The van der Waals surface area contributed by atoms with Gasteiger partial charge in [0.25, 0.3) is 5.91 Å². The highest BCUT2D eigenvalue weighted by atomic mass is 32.2. The van der Waals surface area contributed by atoms with Gasteiger partial charge in [-0.2, -0.15) is 4.31 Å². The zero-order valence-electron chi connectivity index (χ0n) is 14.6. The first-order valence-corrected chi connectivity index (χ1v) is 10.2. The molecule has 27 heavy (non-hydrogen) atoms. The molecule has 0 atom stereocenters. The van der Waals surface area contributed by atoms with Crippen molar-refractivity contribution in [2.75, 3.05) is 18.4 Å². The van der Waals surface area contributed by atoms with E-state index in [0.717, 1.165) is 43.9 Å². The number of hydrogen-bond acceptors (Lipinski definition) is 3. The topological polar surface area (TPSA) is 66.5 Å². The molecule has 3 rings (SSSR count). The van der Waals surface area contributed by atoms with E-state index in [-0.39, 0.29) is 10.6 Å². The summed E-state index contributed by atoms with van der Waals surface area (Å²) in [5.74, 6) is -2.45. The number of carbonyl (C=O) groups excluding carboxylic acids is 1. The van der Waals surface area contributed by atoms with E-state index in [0.29, 0.717) is 13.1 Å². The molecule has 1 aliphatic rings. The summed E-state index contributed by atoms with van der Waals surface area (Å²) in [5, 5.41) is 2.43. The fraction of sp³-hybridized carbons (Fsp3) is 0.316. The van der Waals surface area contributed by atoms with E-state index in [4.69, 9.17) is 0 Å². The number of halogens is 2. The number of nitrogens with one attached hydrogen (secondary N) is 1. The quantitative estimate of drug-likeness (QED) is 0.858. The van der Waals surface area contributed by atoms with Gasteiger partial charge in [-0.3, -0.25) is 4.79 Å². The van der Waals surface area contributed by atoms with Gasteiger partial charge in [0.05, 0.1) is 10.5 Å². The Labute approximate surface area is 157 Å². The first-order chi connectivity index (χ1) is 12.9. The predicted molar refractivity (Wildman–Crippen MR) is 98.0 cm³/mol. The van der Waals surface area contributed by atoms with Gasteiger partial charge in [0.15, 0.2) is 0 Å². The lowest BCUT2D eigenvalue weighted by atomic mass is 10.2. The molecule has 0 radical (unpaired) electrons. The first kappa shape index (κ1) is 19.4. The Hall–Kier alpha value is -2.32. The summed E-state index contributed by atoms with van der Waals surface area (Å²) < 4.78 is 54.2. The Morgan fingerprint density at radius 2 is 1.67 bits per heavy atom. The molecule has 1 heterocycles. The average Bonchev–Trinajstić information content (AvgIpc) is 2.94. The van der Waals surface area contributed by atoms with Crippen LogP contribution in [-0.2, 0) is 10.0 Å². The zero-order valence-corrected chi connectivity index (χ0v) is 15.4. The number of benzene rings is 2. The third-order valence-corrected chi connectivity index (χ3v) is 6.36. The molecule has 1 amide bonds. The minimum Gasteiger partial charge on any atom is -0.322 e. The number of nitrogens with zero attached hydrogens (tertiary/aromatic N) is 1. The van der Waals surface area contributed by atoms with Crippen LogP contribution in [0.3, 0.4) is 0 Å². The predicted octanol–water partition coefficient (Wildman–Crippen LogP) is 3.78. The second kappa shape index (κ2) is 8.14. The summed E-state index contributed by atoms with van der Waals surface area (Å²) in [4.78, 5) is 12.3. The maximum Gasteiger partial charge on any atom is 0.258 e. The van der Waals surface area contributed by atoms with E-state index in [2.05, 4.69) is 5.32 Å². The maximum absolute atomic E-state index is 13.7. The average molecular weight is 394 g/mol. The molecule has 1 N–H and O–H groups in total. The van der Waals surface area contributed by atoms with E-state index < -0.39 is 33.1 Å². The lowest BCUT2D eigenvalue weighted by Crippen LogP contribution is -2.32. The molecule has 2 aromatic carbocycles. The molecule has 0 bridgehead atoms. The Balaban J connectivity index is 1.83. The van der Waals surface area contributed by atoms with E-state index in [1.54, 1.807) is 0 Å². The second-order valence-corrected chi connectivity index (χ2v) is 8.36. The molecular weight excluding hydrogens is 374 g/mol. The van der Waals surface area contributed by atoms with Crippen molar-refractivity contribution in [1.29, 1.82) is 0 Å². The third-order valence-electron chi connectivity index (χ3n) is 4.47. The van der Waals surface area contributed by atoms with Gasteiger partial charge < -0.3 is 5.32 Å². The van der Waals surface area contributed by atoms with Crippen LogP contribution < -0.4 is 5.32 Å². The summed E-state index contributed by atoms with van der Waals surface area (Å²) in [6, 6.07) is 8.36. The van der Waals surface area contributed by atoms with Crippen LogP contribution in [0.1, 0.15) is 36.0 Å². The van der Waals surface area contributed by atoms with Crippen molar-refractivity contribution in [2.24, 2.45) is 0 Å². The van der Waals surface area contributed by atoms with Crippen LogP contribution in [0.15, 0.2) is 47.4 Å². The molecule has 144 valence electrons. The molecule has 0 spiro atoms. The first-order valence-electron chi connectivity index (χ1n) is 8.74. The minimum atomic E-state index is -3.68. The standard InChI is InChI=1S/C19H20F2N2O3S/c20-14-8-9-18(21)17(12-14)19(24)22-15-6-5-7-16(13-15)27(25,26)23-10-3-1-2-4-11-23/h5-9,12-13H,1-4,10-11H2,(H,22,24). The Kier molecular flexibility index (Phi) is 5.86. The summed E-state index contributed by atoms with van der Waals surface area (Å²) in [5.41, 5.74) is -0.254. The molecule has 8 heteroatoms. The fourth-order valence-electron chi connectivity index (χ4n) is 3.04. The van der Waals surface area contributed by atoms with Gasteiger partial charge >= 0.3 is 0 Å². The SMILES string of the molecule is O=C(Nc1cccc(S(=O)(=O)N2CCCCCC2)c1)c1cc(F)ccc1F. The van der Waals surface area contributed by atoms with Gasteiger partial charge in [-0.15, -0.1) is 0 Å². The molecule has 5 nitrogen and oxygen atoms in total. The van der Waals surface area contributed by atoms with Gasteiger partial charge in [-0.25, -0.2) is 17.2 Å². The van der Waals surface area contributed by atoms with E-state index >= 15 is 0 Å². The zero-order chi connectivity index (χ0) is 19.4. The summed E-state index contributed by atoms with van der Waals surface area (Å²) >= 11 is 0. The molecule has 1 aliphatic heterocycles. The van der Waals surface area contributed by atoms with Gasteiger partial charge in [-0.1, -0.05) is 18.9 Å². The van der Waals surface area contributed by atoms with Crippen LogP contribution in [0.5, 0.6) is 0 Å². The third kappa shape index (κ3) is 4.51. The summed E-state index contributed by atoms with van der Waals surface area (Å²) in [6.07, 6.45) is 3.63. The Bertz CT molecular complexity index is 940. The normalized spacial score (nSPS) is 15.9. The van der Waals surface area contributed by atoms with Crippen LogP contribution in [0.25, 0.3) is 0 Å². The summed E-state index contributed by atoms with van der Waals surface area (Å²) in [6.45, 7) is 0.931. The van der Waals surface area contributed by atoms with E-state index in [1.807, 2.05) is 0 Å². The van der Waals surface area contributed by atoms with Crippen molar-refractivity contribution in [3.63, 3.8) is 0 Å². The van der Waals surface area contributed by atoms with Crippen molar-refractivity contribution in [2.45, 2.75) is 30.6 Å². The van der Waals surface area contributed by atoms with Crippen LogP contribution in [0.2, 0.25) is 0 Å². The Morgan fingerprint density at radius 3 is 2.37 bits per heavy atom. The van der Waals surface area contributed by atoms with Crippen molar-refractivity contribution in [1.82, 2.24) is 4.31 Å². The highest BCUT2D eigenvalue weighted by Crippen LogP contribution is 2.23. The summed E-state index contributed by atoms with van der Waals surface area (Å²) in [7, 11) is -3.68. The van der Waals surface area contributed by atoms with Crippen LogP contribution in [-0.4, -0.2) is 31.7 Å². The second-order valence-electron chi connectivity index (χ2n) is 6.42. The lowest BCUT2D eigenvalue weighted by molar-refractivity contribution is 0.102. The fourth-order valence-corrected chi connectivity index (χ4v) is 4.60. The molecule has 0 saturated carbocycles. The van der Waals surface area contributed by atoms with Crippen LogP contribution in [0, 0.1) is 11.6 Å². The monoisotopic (exact) mass is 394 g/mol. The van der Waals surface area contributed by atoms with Crippen molar-refractivity contribution in [3.8, 4) is 0 Å². The number of rotatable bonds is 4. The minimum absolute atomic E-state index is 0.0573. The Morgan fingerprint density at radius 1 is 0.963 bits per heavy atom. The highest BCUT2D eigenvalue weighted by Gasteiger charge is 2.25. The number of sulfonamides is 1. The van der Waals surface area contributed by atoms with E-state index in [1.165, 1.54) is 28.6 Å².